The maximum Gasteiger partial charge on any atom is 0.417 e. The first kappa shape index (κ1) is 20.0. The summed E-state index contributed by atoms with van der Waals surface area (Å²) in [6.07, 6.45) is 2.44. The summed E-state index contributed by atoms with van der Waals surface area (Å²) in [4.78, 5) is 18.0. The van der Waals surface area contributed by atoms with Crippen LogP contribution >= 0.6 is 11.8 Å². The van der Waals surface area contributed by atoms with Gasteiger partial charge in [-0.25, -0.2) is 4.98 Å². The van der Waals surface area contributed by atoms with Gasteiger partial charge in [0, 0.05) is 12.7 Å². The largest absolute Gasteiger partial charge is 0.417 e. The lowest BCUT2D eigenvalue weighted by atomic mass is 10.2. The maximum atomic E-state index is 12.4. The number of hydrogen-bond donors (Lipinski definition) is 1. The smallest absolute Gasteiger partial charge is 0.355 e. The summed E-state index contributed by atoms with van der Waals surface area (Å²) in [5.41, 5.74) is -0.783. The summed E-state index contributed by atoms with van der Waals surface area (Å²) in [5, 5.41) is 3.26. The fourth-order valence-electron chi connectivity index (χ4n) is 2.71. The second-order valence-electron chi connectivity index (χ2n) is 6.13. The maximum absolute atomic E-state index is 12.4. The summed E-state index contributed by atoms with van der Waals surface area (Å²) in [5.74, 6) is 0.0322. The second-order valence-corrected chi connectivity index (χ2v) is 7.13. The quantitative estimate of drug-likeness (QED) is 0.585. The van der Waals surface area contributed by atoms with Crippen molar-refractivity contribution >= 4 is 17.7 Å². The van der Waals surface area contributed by atoms with Crippen molar-refractivity contribution in [2.75, 3.05) is 31.9 Å². The topological polar surface area (TPSA) is 45.2 Å². The first-order valence-electron chi connectivity index (χ1n) is 8.60. The van der Waals surface area contributed by atoms with Gasteiger partial charge in [0.15, 0.2) is 0 Å². The van der Waals surface area contributed by atoms with Crippen LogP contribution in [0.3, 0.4) is 0 Å². The molecule has 1 saturated heterocycles. The summed E-state index contributed by atoms with van der Waals surface area (Å²) in [6, 6.07) is 2.27. The molecule has 0 aromatic carbocycles. The van der Waals surface area contributed by atoms with E-state index in [1.165, 1.54) is 31.7 Å². The van der Waals surface area contributed by atoms with Gasteiger partial charge in [0.1, 0.15) is 0 Å². The molecule has 0 aliphatic carbocycles. The molecule has 0 unspecified atom stereocenters. The summed E-state index contributed by atoms with van der Waals surface area (Å²) in [7, 11) is 0. The Bertz CT molecular complexity index is 529. The van der Waals surface area contributed by atoms with E-state index >= 15 is 0 Å². The molecule has 1 aromatic rings. The van der Waals surface area contributed by atoms with E-state index in [1.54, 1.807) is 0 Å². The Labute approximate surface area is 150 Å². The molecule has 4 nitrogen and oxygen atoms in total. The fourth-order valence-corrected chi connectivity index (χ4v) is 3.39. The van der Waals surface area contributed by atoms with Gasteiger partial charge < -0.3 is 10.2 Å². The van der Waals surface area contributed by atoms with Crippen LogP contribution in [0, 0.1) is 0 Å². The monoisotopic (exact) mass is 375 g/mol. The molecular weight excluding hydrogens is 351 g/mol. The van der Waals surface area contributed by atoms with Crippen LogP contribution in [0.25, 0.3) is 0 Å². The van der Waals surface area contributed by atoms with Gasteiger partial charge in [-0.2, -0.15) is 13.2 Å². The molecule has 0 atom stereocenters. The summed E-state index contributed by atoms with van der Waals surface area (Å²) < 4.78 is 37.3. The number of carbonyl (C=O) groups excluding carboxylic acids is 1. The number of hydrogen-bond acceptors (Lipinski definition) is 4. The van der Waals surface area contributed by atoms with Gasteiger partial charge >= 0.3 is 6.18 Å². The number of alkyl halides is 3. The van der Waals surface area contributed by atoms with Gasteiger partial charge in [-0.15, -0.1) is 0 Å². The normalized spacial score (nSPS) is 16.4. The van der Waals surface area contributed by atoms with Crippen LogP contribution in [0.15, 0.2) is 23.4 Å². The first-order valence-corrected chi connectivity index (χ1v) is 9.59. The van der Waals surface area contributed by atoms with Crippen molar-refractivity contribution in [3.05, 3.63) is 23.9 Å². The highest BCUT2D eigenvalue weighted by molar-refractivity contribution is 7.99. The van der Waals surface area contributed by atoms with E-state index in [0.717, 1.165) is 50.1 Å². The third-order valence-electron chi connectivity index (χ3n) is 4.09. The molecule has 0 saturated carbocycles. The molecule has 0 spiro atoms. The second kappa shape index (κ2) is 10.0. The van der Waals surface area contributed by atoms with Crippen LogP contribution in [-0.2, 0) is 11.0 Å². The third kappa shape index (κ3) is 7.64. The lowest BCUT2D eigenvalue weighted by molar-refractivity contribution is -0.137. The van der Waals surface area contributed by atoms with Crippen molar-refractivity contribution < 1.29 is 18.0 Å². The summed E-state index contributed by atoms with van der Waals surface area (Å²) >= 11 is 1.14. The number of carbonyl (C=O) groups is 1. The van der Waals surface area contributed by atoms with Gasteiger partial charge in [0.05, 0.1) is 16.3 Å². The predicted octanol–water partition coefficient (Wildman–Crippen LogP) is 3.57. The van der Waals surface area contributed by atoms with Crippen molar-refractivity contribution in [1.82, 2.24) is 15.2 Å². The van der Waals surface area contributed by atoms with Crippen molar-refractivity contribution in [3.8, 4) is 0 Å². The zero-order valence-corrected chi connectivity index (χ0v) is 15.0. The number of halogens is 3. The van der Waals surface area contributed by atoms with Crippen molar-refractivity contribution in [2.45, 2.75) is 43.3 Å². The average Bonchev–Trinajstić information content (AvgIpc) is 2.85. The number of rotatable bonds is 7. The Balaban J connectivity index is 1.60. The standard InChI is InChI=1S/C17H24F3N3OS/c18-17(19,20)14-6-7-16(22-12-14)25-13-15(24)21-8-5-11-23-9-3-1-2-4-10-23/h6-7,12H,1-5,8-11,13H2,(H,21,24). The molecule has 140 valence electrons. The van der Waals surface area contributed by atoms with Crippen LogP contribution in [-0.4, -0.2) is 47.7 Å². The van der Waals surface area contributed by atoms with E-state index in [1.807, 2.05) is 0 Å². The number of likely N-dealkylation sites (tertiary alicyclic amines) is 1. The molecular formula is C17H24F3N3OS. The van der Waals surface area contributed by atoms with Crippen molar-refractivity contribution in [1.29, 1.82) is 0 Å². The minimum Gasteiger partial charge on any atom is -0.355 e. The number of nitrogens with zero attached hydrogens (tertiary/aromatic N) is 2. The van der Waals surface area contributed by atoms with Crippen LogP contribution in [0.5, 0.6) is 0 Å². The van der Waals surface area contributed by atoms with Gasteiger partial charge in [-0.05, 0) is 51.0 Å². The highest BCUT2D eigenvalue weighted by Gasteiger charge is 2.30. The van der Waals surface area contributed by atoms with Crippen molar-refractivity contribution in [2.24, 2.45) is 0 Å². The number of amides is 1. The minimum absolute atomic E-state index is 0.123. The van der Waals surface area contributed by atoms with E-state index in [9.17, 15) is 18.0 Å². The molecule has 1 fully saturated rings. The molecule has 0 radical (unpaired) electrons. The average molecular weight is 375 g/mol. The van der Waals surface area contributed by atoms with Gasteiger partial charge in [0.25, 0.3) is 0 Å². The van der Waals surface area contributed by atoms with Crippen LogP contribution in [0.2, 0.25) is 0 Å². The first-order chi connectivity index (χ1) is 11.9. The molecule has 0 bridgehead atoms. The molecule has 2 rings (SSSR count). The molecule has 2 heterocycles. The Kier molecular flexibility index (Phi) is 8.02. The molecule has 1 amide bonds. The van der Waals surface area contributed by atoms with E-state index in [2.05, 4.69) is 15.2 Å². The molecule has 1 aliphatic rings. The SMILES string of the molecule is O=C(CSc1ccc(C(F)(F)F)cn1)NCCCN1CCCCCC1. The predicted molar refractivity (Wildman–Crippen MR) is 92.5 cm³/mol. The number of aromatic nitrogens is 1. The Morgan fingerprint density at radius 3 is 2.52 bits per heavy atom. The van der Waals surface area contributed by atoms with Crippen LogP contribution in [0.4, 0.5) is 13.2 Å². The molecule has 8 heteroatoms. The van der Waals surface area contributed by atoms with Gasteiger partial charge in [-0.3, -0.25) is 4.79 Å². The lowest BCUT2D eigenvalue weighted by Gasteiger charge is -2.19. The van der Waals surface area contributed by atoms with Gasteiger partial charge in [-0.1, -0.05) is 24.6 Å². The number of thioether (sulfide) groups is 1. The lowest BCUT2D eigenvalue weighted by Crippen LogP contribution is -2.31. The van der Waals surface area contributed by atoms with Gasteiger partial charge in [0.2, 0.25) is 5.91 Å². The third-order valence-corrected chi connectivity index (χ3v) is 5.03. The molecule has 25 heavy (non-hydrogen) atoms. The van der Waals surface area contributed by atoms with E-state index in [0.29, 0.717) is 11.6 Å². The fraction of sp³-hybridized carbons (Fsp3) is 0.647. The minimum atomic E-state index is -4.39. The number of nitrogens with one attached hydrogen (secondary N) is 1. The Hall–Kier alpha value is -1.28. The number of pyridine rings is 1. The van der Waals surface area contributed by atoms with E-state index in [-0.39, 0.29) is 11.7 Å². The van der Waals surface area contributed by atoms with E-state index < -0.39 is 11.7 Å². The highest BCUT2D eigenvalue weighted by atomic mass is 32.2. The molecule has 1 aromatic heterocycles. The van der Waals surface area contributed by atoms with Crippen LogP contribution in [0.1, 0.15) is 37.7 Å². The van der Waals surface area contributed by atoms with Crippen LogP contribution < -0.4 is 5.32 Å². The zero-order valence-electron chi connectivity index (χ0n) is 14.1. The summed E-state index contributed by atoms with van der Waals surface area (Å²) in [6.45, 7) is 3.90. The van der Waals surface area contributed by atoms with E-state index in [4.69, 9.17) is 0 Å². The molecule has 1 aliphatic heterocycles. The van der Waals surface area contributed by atoms with Crippen molar-refractivity contribution in [3.63, 3.8) is 0 Å². The Morgan fingerprint density at radius 2 is 1.92 bits per heavy atom. The molecule has 1 N–H and O–H groups in total. The highest BCUT2D eigenvalue weighted by Crippen LogP contribution is 2.29. The zero-order chi connectivity index (χ0) is 18.1. The Morgan fingerprint density at radius 1 is 1.20 bits per heavy atom.